The molecule has 17 nitrogen and oxygen atoms in total. The van der Waals surface area contributed by atoms with Gasteiger partial charge in [0.25, 0.3) is 5.69 Å². The Morgan fingerprint density at radius 3 is 1.36 bits per heavy atom. The number of hydrogen-bond acceptors (Lipinski definition) is 16. The predicted octanol–water partition coefficient (Wildman–Crippen LogP) is 7.85. The fourth-order valence-electron chi connectivity index (χ4n) is 9.64. The smallest absolute Gasteiger partial charge is 0.269 e. The van der Waals surface area contributed by atoms with Crippen LogP contribution in [0.1, 0.15) is 41.7 Å². The molecule has 6 aromatic carbocycles. The van der Waals surface area contributed by atoms with Crippen molar-refractivity contribution in [2.75, 3.05) is 13.2 Å². The minimum absolute atomic E-state index is 0.113. The van der Waals surface area contributed by atoms with Crippen molar-refractivity contribution in [1.82, 2.24) is 0 Å². The van der Waals surface area contributed by atoms with Crippen LogP contribution in [-0.2, 0) is 80.4 Å². The maximum atomic E-state index is 11.7. The molecular formula is C60H67NO16. The van der Waals surface area contributed by atoms with Crippen LogP contribution in [0.4, 0.5) is 5.69 Å². The third-order valence-electron chi connectivity index (χ3n) is 13.9. The van der Waals surface area contributed by atoms with Crippen LogP contribution >= 0.6 is 0 Å². The van der Waals surface area contributed by atoms with Gasteiger partial charge in [-0.15, -0.1) is 0 Å². The van der Waals surface area contributed by atoms with Gasteiger partial charge in [0, 0.05) is 18.1 Å². The molecule has 3 aliphatic rings. The largest absolute Gasteiger partial charge is 0.465 e. The number of nitro groups is 1. The van der Waals surface area contributed by atoms with E-state index in [1.54, 1.807) is 0 Å². The third-order valence-corrected chi connectivity index (χ3v) is 13.9. The molecule has 0 radical (unpaired) electrons. The molecule has 3 heterocycles. The first-order chi connectivity index (χ1) is 37.6. The summed E-state index contributed by atoms with van der Waals surface area (Å²) in [7, 11) is 0. The second kappa shape index (κ2) is 27.5. The molecule has 408 valence electrons. The van der Waals surface area contributed by atoms with Crippen molar-refractivity contribution < 1.29 is 72.3 Å². The first-order valence-corrected chi connectivity index (χ1v) is 26.0. The number of aliphatic hydroxyl groups excluding tert-OH is 3. The number of ether oxygens (including phenoxy) is 11. The van der Waals surface area contributed by atoms with Gasteiger partial charge in [0.15, 0.2) is 12.6 Å². The van der Waals surface area contributed by atoms with Gasteiger partial charge in [0.1, 0.15) is 60.7 Å². The van der Waals surface area contributed by atoms with Gasteiger partial charge >= 0.3 is 0 Å². The van der Waals surface area contributed by atoms with Crippen LogP contribution < -0.4 is 4.74 Å². The Morgan fingerprint density at radius 2 is 0.870 bits per heavy atom. The van der Waals surface area contributed by atoms with Gasteiger partial charge < -0.3 is 67.4 Å². The van der Waals surface area contributed by atoms with Gasteiger partial charge in [-0.1, -0.05) is 159 Å². The lowest BCUT2D eigenvalue weighted by molar-refractivity contribution is -0.385. The summed E-state index contributed by atoms with van der Waals surface area (Å²) in [5.41, 5.74) is 4.40. The third kappa shape index (κ3) is 15.0. The summed E-state index contributed by atoms with van der Waals surface area (Å²) in [6.07, 6.45) is -16.4. The van der Waals surface area contributed by atoms with Crippen molar-refractivity contribution in [2.45, 2.75) is 133 Å². The Bertz CT molecular complexity index is 2660. The number of rotatable bonds is 24. The van der Waals surface area contributed by atoms with Crippen molar-refractivity contribution in [1.29, 1.82) is 0 Å². The van der Waals surface area contributed by atoms with E-state index in [0.717, 1.165) is 27.8 Å². The monoisotopic (exact) mass is 1060 g/mol. The molecule has 17 heteroatoms. The normalized spacial score (nSPS) is 29.4. The van der Waals surface area contributed by atoms with Gasteiger partial charge in [-0.2, -0.15) is 0 Å². The molecule has 3 N–H and O–H groups in total. The molecule has 0 aromatic heterocycles. The maximum absolute atomic E-state index is 11.7. The molecule has 9 rings (SSSR count). The Kier molecular flexibility index (Phi) is 19.9. The molecule has 3 saturated heterocycles. The van der Waals surface area contributed by atoms with Crippen LogP contribution in [0.3, 0.4) is 0 Å². The van der Waals surface area contributed by atoms with E-state index in [2.05, 4.69) is 0 Å². The van der Waals surface area contributed by atoms with Gasteiger partial charge in [-0.25, -0.2) is 0 Å². The molecular weight excluding hydrogens is 991 g/mol. The molecule has 0 spiro atoms. The zero-order chi connectivity index (χ0) is 53.5. The van der Waals surface area contributed by atoms with Gasteiger partial charge in [0.2, 0.25) is 6.29 Å². The predicted molar refractivity (Wildman–Crippen MR) is 280 cm³/mol. The summed E-state index contributed by atoms with van der Waals surface area (Å²) >= 11 is 0. The van der Waals surface area contributed by atoms with Gasteiger partial charge in [0.05, 0.1) is 63.4 Å². The summed E-state index contributed by atoms with van der Waals surface area (Å²) in [5, 5.41) is 46.0. The molecule has 0 amide bonds. The Labute approximate surface area is 448 Å². The molecule has 0 aliphatic carbocycles. The lowest BCUT2D eigenvalue weighted by Gasteiger charge is -2.50. The first-order valence-electron chi connectivity index (χ1n) is 26.0. The number of nitrogens with zero attached hydrogens (tertiary/aromatic N) is 1. The molecule has 15 unspecified atom stereocenters. The van der Waals surface area contributed by atoms with Gasteiger partial charge in [-0.3, -0.25) is 10.1 Å². The second-order valence-electron chi connectivity index (χ2n) is 19.5. The summed E-state index contributed by atoms with van der Waals surface area (Å²) in [6.45, 7) is 4.42. The SMILES string of the molecule is CC1OC(OC2C(C)C(Oc3ccc([N+](=O)[O-])cc3)OC(COCc3ccccc3)C2OC2OC(COCc3ccccc3)C(O)C(O)C2O)C(OCc2ccccc2)C(OCc2ccccc2)C1OCc1ccccc1. The summed E-state index contributed by atoms with van der Waals surface area (Å²) in [5.74, 6) is -0.485. The molecule has 77 heavy (non-hydrogen) atoms. The van der Waals surface area contributed by atoms with E-state index in [4.69, 9.17) is 52.1 Å². The molecule has 3 aliphatic heterocycles. The maximum Gasteiger partial charge on any atom is 0.269 e. The quantitative estimate of drug-likeness (QED) is 0.0390. The molecule has 6 aromatic rings. The van der Waals surface area contributed by atoms with E-state index in [-0.39, 0.29) is 57.7 Å². The van der Waals surface area contributed by atoms with Crippen molar-refractivity contribution in [2.24, 2.45) is 5.92 Å². The van der Waals surface area contributed by atoms with Crippen LogP contribution in [0.2, 0.25) is 0 Å². The van der Waals surface area contributed by atoms with Crippen molar-refractivity contribution >= 4 is 5.69 Å². The minimum atomic E-state index is -1.75. The van der Waals surface area contributed by atoms with Crippen molar-refractivity contribution in [3.05, 3.63) is 214 Å². The first kappa shape index (κ1) is 55.7. The average molecular weight is 1060 g/mol. The Morgan fingerprint density at radius 1 is 0.442 bits per heavy atom. The van der Waals surface area contributed by atoms with E-state index in [1.165, 1.54) is 24.3 Å². The highest BCUT2D eigenvalue weighted by molar-refractivity contribution is 5.36. The van der Waals surface area contributed by atoms with E-state index in [9.17, 15) is 25.4 Å². The van der Waals surface area contributed by atoms with Crippen LogP contribution in [0.5, 0.6) is 5.75 Å². The van der Waals surface area contributed by atoms with Gasteiger partial charge in [-0.05, 0) is 46.9 Å². The minimum Gasteiger partial charge on any atom is -0.465 e. The highest BCUT2D eigenvalue weighted by Crippen LogP contribution is 2.39. The highest BCUT2D eigenvalue weighted by atomic mass is 16.8. The van der Waals surface area contributed by atoms with Crippen LogP contribution in [0.25, 0.3) is 0 Å². The fourth-order valence-corrected chi connectivity index (χ4v) is 9.64. The Balaban J connectivity index is 1.07. The van der Waals surface area contributed by atoms with Crippen LogP contribution in [0, 0.1) is 16.0 Å². The number of nitro benzene ring substituents is 1. The second-order valence-corrected chi connectivity index (χ2v) is 19.5. The van der Waals surface area contributed by atoms with E-state index in [0.29, 0.717) is 0 Å². The lowest BCUT2D eigenvalue weighted by Crippen LogP contribution is -2.66. The molecule has 0 bridgehead atoms. The zero-order valence-corrected chi connectivity index (χ0v) is 42.9. The van der Waals surface area contributed by atoms with Crippen molar-refractivity contribution in [3.63, 3.8) is 0 Å². The molecule has 15 atom stereocenters. The standard InChI is InChI=1S/C60H67NO16/c1-39-53(76-60-57(71-36-45-26-16-7-17-27-45)56(70-35-44-24-14-6-15-25-44)54(40(2)72-60)69-34-43-22-12-5-13-23-43)55(77-59-52(64)51(63)50(62)48(74-59)37-67-32-41-18-8-3-9-19-41)49(38-68-33-42-20-10-4-11-21-42)75-58(39)73-47-30-28-46(29-31-47)61(65)66/h3-31,39-40,48-60,62-64H,32-38H2,1-2H3. The van der Waals surface area contributed by atoms with E-state index >= 15 is 0 Å². The lowest BCUT2D eigenvalue weighted by atomic mass is 9.90. The summed E-state index contributed by atoms with van der Waals surface area (Å²) in [6, 6.07) is 53.9. The zero-order valence-electron chi connectivity index (χ0n) is 42.9. The summed E-state index contributed by atoms with van der Waals surface area (Å²) in [4.78, 5) is 11.2. The van der Waals surface area contributed by atoms with E-state index in [1.807, 2.05) is 166 Å². The van der Waals surface area contributed by atoms with E-state index < -0.39 is 96.9 Å². The molecule has 0 saturated carbocycles. The fraction of sp³-hybridized carbons (Fsp3) is 0.400. The topological polar surface area (TPSA) is 205 Å². The number of aliphatic hydroxyl groups is 3. The van der Waals surface area contributed by atoms with Crippen molar-refractivity contribution in [3.8, 4) is 5.75 Å². The Hall–Kier alpha value is -6.00. The average Bonchev–Trinajstić information content (AvgIpc) is 3.45. The number of hydrogen-bond donors (Lipinski definition) is 3. The van der Waals surface area contributed by atoms with Crippen LogP contribution in [-0.4, -0.2) is 119 Å². The van der Waals surface area contributed by atoms with Crippen LogP contribution in [0.15, 0.2) is 176 Å². The molecule has 3 fully saturated rings. The highest BCUT2D eigenvalue weighted by Gasteiger charge is 2.55. The number of non-ortho nitro benzene ring substituents is 1. The summed E-state index contributed by atoms with van der Waals surface area (Å²) < 4.78 is 73.7. The number of benzene rings is 6.